The second kappa shape index (κ2) is 4.55. The molecule has 4 fully saturated rings. The van der Waals surface area contributed by atoms with Gasteiger partial charge in [0.25, 0.3) is 0 Å². The van der Waals surface area contributed by atoms with Crippen LogP contribution in [-0.2, 0) is 0 Å². The van der Waals surface area contributed by atoms with Crippen LogP contribution in [0.1, 0.15) is 46.0 Å². The Morgan fingerprint density at radius 2 is 1.53 bits per heavy atom. The molecule has 4 bridgehead atoms. The predicted octanol–water partition coefficient (Wildman–Crippen LogP) is 2.42. The molecule has 0 spiro atoms. The molecular formula is C15H27NO. The van der Waals surface area contributed by atoms with E-state index in [0.29, 0.717) is 12.0 Å². The van der Waals surface area contributed by atoms with E-state index >= 15 is 0 Å². The molecule has 1 atom stereocenters. The van der Waals surface area contributed by atoms with Gasteiger partial charge in [0.05, 0.1) is 6.10 Å². The molecule has 0 aromatic carbocycles. The SMILES string of the molecule is CC(C)NCC(O)C1C2CC3CC(C2)CC1C3. The Hall–Kier alpha value is -0.0800. The fourth-order valence-electron chi connectivity index (χ4n) is 5.09. The van der Waals surface area contributed by atoms with Gasteiger partial charge in [0.1, 0.15) is 0 Å². The Balaban J connectivity index is 1.63. The second-order valence-electron chi connectivity index (χ2n) is 7.14. The third-order valence-corrected chi connectivity index (χ3v) is 5.48. The highest BCUT2D eigenvalue weighted by Gasteiger charge is 2.50. The summed E-state index contributed by atoms with van der Waals surface area (Å²) in [6, 6.07) is 0.487. The summed E-state index contributed by atoms with van der Waals surface area (Å²) in [7, 11) is 0. The number of hydrogen-bond donors (Lipinski definition) is 2. The molecular weight excluding hydrogens is 210 g/mol. The van der Waals surface area contributed by atoms with E-state index in [-0.39, 0.29) is 6.10 Å². The lowest BCUT2D eigenvalue weighted by Crippen LogP contribution is -2.51. The first-order chi connectivity index (χ1) is 8.13. The van der Waals surface area contributed by atoms with Crippen molar-refractivity contribution >= 4 is 0 Å². The Kier molecular flexibility index (Phi) is 3.20. The molecule has 4 rings (SSSR count). The molecule has 2 N–H and O–H groups in total. The fraction of sp³-hybridized carbons (Fsp3) is 1.00. The smallest absolute Gasteiger partial charge is 0.0698 e. The molecule has 1 unspecified atom stereocenters. The first kappa shape index (κ1) is 12.0. The maximum atomic E-state index is 10.5. The van der Waals surface area contributed by atoms with Crippen molar-refractivity contribution in [1.82, 2.24) is 5.32 Å². The van der Waals surface area contributed by atoms with Crippen molar-refractivity contribution < 1.29 is 5.11 Å². The third-order valence-electron chi connectivity index (χ3n) is 5.48. The quantitative estimate of drug-likeness (QED) is 0.787. The number of rotatable bonds is 4. The Morgan fingerprint density at radius 1 is 1.00 bits per heavy atom. The zero-order chi connectivity index (χ0) is 12.0. The van der Waals surface area contributed by atoms with E-state index in [9.17, 15) is 5.11 Å². The van der Waals surface area contributed by atoms with Crippen LogP contribution in [-0.4, -0.2) is 23.8 Å². The molecule has 2 heteroatoms. The standard InChI is InChI=1S/C15H27NO/c1-9(2)16-8-14(17)15-12-4-10-3-11(6-12)7-13(15)5-10/h9-17H,3-8H2,1-2H3. The summed E-state index contributed by atoms with van der Waals surface area (Å²) >= 11 is 0. The molecule has 0 heterocycles. The van der Waals surface area contributed by atoms with Crippen LogP contribution in [0.15, 0.2) is 0 Å². The maximum absolute atomic E-state index is 10.5. The number of aliphatic hydroxyl groups is 1. The monoisotopic (exact) mass is 237 g/mol. The van der Waals surface area contributed by atoms with E-state index in [2.05, 4.69) is 19.2 Å². The Labute approximate surface area is 105 Å². The van der Waals surface area contributed by atoms with Gasteiger partial charge in [-0.2, -0.15) is 0 Å². The number of nitrogens with one attached hydrogen (secondary N) is 1. The molecule has 0 amide bonds. The molecule has 2 nitrogen and oxygen atoms in total. The summed E-state index contributed by atoms with van der Waals surface area (Å²) in [5.74, 6) is 4.32. The maximum Gasteiger partial charge on any atom is 0.0698 e. The summed E-state index contributed by atoms with van der Waals surface area (Å²) in [5, 5.41) is 13.9. The van der Waals surface area contributed by atoms with Gasteiger partial charge in [-0.15, -0.1) is 0 Å². The largest absolute Gasteiger partial charge is 0.391 e. The fourth-order valence-corrected chi connectivity index (χ4v) is 5.09. The lowest BCUT2D eigenvalue weighted by Gasteiger charge is -2.55. The highest BCUT2D eigenvalue weighted by molar-refractivity contribution is 5.00. The molecule has 4 aliphatic carbocycles. The number of hydrogen-bond acceptors (Lipinski definition) is 2. The van der Waals surface area contributed by atoms with Gasteiger partial charge in [-0.3, -0.25) is 0 Å². The summed E-state index contributed by atoms with van der Waals surface area (Å²) in [6.45, 7) is 5.11. The van der Waals surface area contributed by atoms with Gasteiger partial charge in [-0.1, -0.05) is 13.8 Å². The molecule has 0 aromatic heterocycles. The summed E-state index contributed by atoms with van der Waals surface area (Å²) in [6.07, 6.45) is 7.05. The predicted molar refractivity (Wildman–Crippen MR) is 69.7 cm³/mol. The van der Waals surface area contributed by atoms with E-state index in [0.717, 1.165) is 30.2 Å². The minimum Gasteiger partial charge on any atom is -0.391 e. The van der Waals surface area contributed by atoms with Gasteiger partial charge >= 0.3 is 0 Å². The zero-order valence-corrected chi connectivity index (χ0v) is 11.2. The van der Waals surface area contributed by atoms with E-state index in [1.165, 1.54) is 32.1 Å². The minimum atomic E-state index is -0.104. The van der Waals surface area contributed by atoms with E-state index < -0.39 is 0 Å². The van der Waals surface area contributed by atoms with Crippen molar-refractivity contribution in [2.24, 2.45) is 29.6 Å². The Bertz CT molecular complexity index is 248. The first-order valence-electron chi connectivity index (χ1n) is 7.55. The molecule has 4 saturated carbocycles. The average molecular weight is 237 g/mol. The van der Waals surface area contributed by atoms with Gasteiger partial charge in [0, 0.05) is 12.6 Å². The van der Waals surface area contributed by atoms with Gasteiger partial charge in [-0.25, -0.2) is 0 Å². The summed E-state index contributed by atoms with van der Waals surface area (Å²) in [5.41, 5.74) is 0. The van der Waals surface area contributed by atoms with Crippen molar-refractivity contribution in [3.63, 3.8) is 0 Å². The van der Waals surface area contributed by atoms with Crippen LogP contribution in [0.2, 0.25) is 0 Å². The van der Waals surface area contributed by atoms with Crippen molar-refractivity contribution in [3.05, 3.63) is 0 Å². The number of aliphatic hydroxyl groups excluding tert-OH is 1. The van der Waals surface area contributed by atoms with Crippen LogP contribution in [0, 0.1) is 29.6 Å². The normalized spacial score (nSPS) is 45.5. The average Bonchev–Trinajstić information content (AvgIpc) is 2.24. The lowest BCUT2D eigenvalue weighted by atomic mass is 9.51. The second-order valence-corrected chi connectivity index (χ2v) is 7.14. The van der Waals surface area contributed by atoms with Crippen molar-refractivity contribution in [2.45, 2.75) is 58.1 Å². The molecule has 0 aromatic rings. The van der Waals surface area contributed by atoms with Crippen molar-refractivity contribution in [3.8, 4) is 0 Å². The van der Waals surface area contributed by atoms with Crippen LogP contribution in [0.4, 0.5) is 0 Å². The molecule has 0 aliphatic heterocycles. The first-order valence-corrected chi connectivity index (χ1v) is 7.55. The van der Waals surface area contributed by atoms with Gasteiger partial charge in [0.15, 0.2) is 0 Å². The lowest BCUT2D eigenvalue weighted by molar-refractivity contribution is -0.0885. The molecule has 0 saturated heterocycles. The van der Waals surface area contributed by atoms with Gasteiger partial charge in [-0.05, 0) is 61.7 Å². The zero-order valence-electron chi connectivity index (χ0n) is 11.2. The van der Waals surface area contributed by atoms with Crippen molar-refractivity contribution in [2.75, 3.05) is 6.54 Å². The van der Waals surface area contributed by atoms with E-state index in [1.807, 2.05) is 0 Å². The van der Waals surface area contributed by atoms with Crippen molar-refractivity contribution in [1.29, 1.82) is 0 Å². The van der Waals surface area contributed by atoms with Crippen LogP contribution in [0.3, 0.4) is 0 Å². The summed E-state index contributed by atoms with van der Waals surface area (Å²) in [4.78, 5) is 0. The Morgan fingerprint density at radius 3 is 2.00 bits per heavy atom. The van der Waals surface area contributed by atoms with Crippen LogP contribution < -0.4 is 5.32 Å². The molecule has 4 aliphatic rings. The molecule has 17 heavy (non-hydrogen) atoms. The van der Waals surface area contributed by atoms with Gasteiger partial charge < -0.3 is 10.4 Å². The van der Waals surface area contributed by atoms with E-state index in [4.69, 9.17) is 0 Å². The third kappa shape index (κ3) is 2.26. The van der Waals surface area contributed by atoms with Crippen LogP contribution in [0.25, 0.3) is 0 Å². The molecule has 98 valence electrons. The van der Waals surface area contributed by atoms with E-state index in [1.54, 1.807) is 0 Å². The molecule has 0 radical (unpaired) electrons. The van der Waals surface area contributed by atoms with Gasteiger partial charge in [0.2, 0.25) is 0 Å². The summed E-state index contributed by atoms with van der Waals surface area (Å²) < 4.78 is 0. The topological polar surface area (TPSA) is 32.3 Å². The highest BCUT2D eigenvalue weighted by Crippen LogP contribution is 2.57. The highest BCUT2D eigenvalue weighted by atomic mass is 16.3. The minimum absolute atomic E-state index is 0.104. The van der Waals surface area contributed by atoms with Crippen LogP contribution >= 0.6 is 0 Å². The van der Waals surface area contributed by atoms with Crippen LogP contribution in [0.5, 0.6) is 0 Å².